The molecule has 1 rings (SSSR count). The summed E-state index contributed by atoms with van der Waals surface area (Å²) in [4.78, 5) is 6.31. The van der Waals surface area contributed by atoms with E-state index in [0.717, 1.165) is 18.7 Å². The number of nitriles is 1. The van der Waals surface area contributed by atoms with E-state index in [1.165, 1.54) is 0 Å². The lowest BCUT2D eigenvalue weighted by Gasteiger charge is -2.29. The van der Waals surface area contributed by atoms with Crippen molar-refractivity contribution in [3.8, 4) is 6.07 Å². The zero-order chi connectivity index (χ0) is 11.8. The van der Waals surface area contributed by atoms with Crippen LogP contribution in [-0.2, 0) is 0 Å². The van der Waals surface area contributed by atoms with Gasteiger partial charge in [-0.15, -0.1) is 0 Å². The molecule has 1 unspecified atom stereocenters. The fraction of sp³-hybridized carbons (Fsp3) is 0.500. The molecule has 0 fully saturated rings. The summed E-state index contributed by atoms with van der Waals surface area (Å²) in [5.41, 5.74) is 6.92. The van der Waals surface area contributed by atoms with Crippen molar-refractivity contribution < 1.29 is 0 Å². The maximum Gasteiger partial charge on any atom is 0.0635 e. The van der Waals surface area contributed by atoms with E-state index in [1.54, 1.807) is 6.20 Å². The van der Waals surface area contributed by atoms with Gasteiger partial charge in [-0.05, 0) is 18.2 Å². The molecule has 86 valence electrons. The van der Waals surface area contributed by atoms with E-state index in [4.69, 9.17) is 11.0 Å². The van der Waals surface area contributed by atoms with Crippen LogP contribution in [0.1, 0.15) is 24.9 Å². The van der Waals surface area contributed by atoms with Crippen LogP contribution in [0.2, 0.25) is 0 Å². The minimum absolute atomic E-state index is 0.159. The van der Waals surface area contributed by atoms with Crippen molar-refractivity contribution in [1.29, 1.82) is 5.26 Å². The minimum atomic E-state index is 0.159. The Bertz CT molecular complexity index is 331. The Morgan fingerprint density at radius 3 is 2.94 bits per heavy atom. The van der Waals surface area contributed by atoms with Gasteiger partial charge in [-0.3, -0.25) is 9.88 Å². The van der Waals surface area contributed by atoms with Crippen molar-refractivity contribution in [2.45, 2.75) is 19.4 Å². The van der Waals surface area contributed by atoms with Gasteiger partial charge in [0.1, 0.15) is 0 Å². The number of nitrogens with two attached hydrogens (primary N) is 1. The van der Waals surface area contributed by atoms with E-state index in [0.29, 0.717) is 13.0 Å². The zero-order valence-electron chi connectivity index (χ0n) is 9.63. The highest BCUT2D eigenvalue weighted by molar-refractivity contribution is 5.14. The monoisotopic (exact) mass is 218 g/mol. The first-order chi connectivity index (χ1) is 7.83. The Kier molecular flexibility index (Phi) is 5.48. The molecule has 0 aliphatic carbocycles. The summed E-state index contributed by atoms with van der Waals surface area (Å²) < 4.78 is 0. The van der Waals surface area contributed by atoms with Gasteiger partial charge < -0.3 is 5.73 Å². The Hall–Kier alpha value is -1.44. The number of likely N-dealkylation sites (N-methyl/N-ethyl adjacent to an activating group) is 1. The lowest BCUT2D eigenvalue weighted by molar-refractivity contribution is 0.217. The van der Waals surface area contributed by atoms with Crippen LogP contribution in [0.3, 0.4) is 0 Å². The van der Waals surface area contributed by atoms with E-state index in [-0.39, 0.29) is 6.04 Å². The molecular formula is C12H18N4. The van der Waals surface area contributed by atoms with Crippen molar-refractivity contribution in [2.24, 2.45) is 5.73 Å². The number of rotatable bonds is 6. The van der Waals surface area contributed by atoms with Crippen LogP contribution in [0.15, 0.2) is 24.5 Å². The molecule has 1 aromatic rings. The first-order valence-electron chi connectivity index (χ1n) is 5.54. The van der Waals surface area contributed by atoms with Crippen LogP contribution >= 0.6 is 0 Å². The third-order valence-electron chi connectivity index (χ3n) is 2.65. The average molecular weight is 218 g/mol. The van der Waals surface area contributed by atoms with Crippen LogP contribution in [0, 0.1) is 11.3 Å². The maximum atomic E-state index is 8.62. The molecule has 1 heterocycles. The number of aromatic nitrogens is 1. The summed E-state index contributed by atoms with van der Waals surface area (Å²) in [6.45, 7) is 4.27. The molecule has 0 radical (unpaired) electrons. The molecule has 0 aromatic carbocycles. The zero-order valence-corrected chi connectivity index (χ0v) is 9.63. The summed E-state index contributed by atoms with van der Waals surface area (Å²) in [7, 11) is 0. The van der Waals surface area contributed by atoms with Crippen molar-refractivity contribution in [2.75, 3.05) is 19.6 Å². The van der Waals surface area contributed by atoms with Gasteiger partial charge in [0, 0.05) is 37.9 Å². The smallest absolute Gasteiger partial charge is 0.0635 e. The second-order valence-corrected chi connectivity index (χ2v) is 3.57. The van der Waals surface area contributed by atoms with E-state index >= 15 is 0 Å². The fourth-order valence-corrected chi connectivity index (χ4v) is 1.80. The summed E-state index contributed by atoms with van der Waals surface area (Å²) in [6, 6.07) is 6.26. The fourth-order valence-electron chi connectivity index (χ4n) is 1.80. The van der Waals surface area contributed by atoms with E-state index in [2.05, 4.69) is 22.9 Å². The standard InChI is InChI=1S/C12H18N4/c1-2-16(8-4-6-13)12(9-14)11-5-3-7-15-10-11/h3,5,7,10,12H,2,4,8-9,14H2,1H3. The van der Waals surface area contributed by atoms with E-state index in [1.807, 2.05) is 18.3 Å². The van der Waals surface area contributed by atoms with Crippen molar-refractivity contribution in [3.63, 3.8) is 0 Å². The molecule has 0 amide bonds. The molecule has 1 aromatic heterocycles. The largest absolute Gasteiger partial charge is 0.329 e. The second kappa shape index (κ2) is 6.94. The van der Waals surface area contributed by atoms with Crippen LogP contribution in [-0.4, -0.2) is 29.5 Å². The van der Waals surface area contributed by atoms with Gasteiger partial charge in [-0.25, -0.2) is 0 Å². The molecule has 0 spiro atoms. The minimum Gasteiger partial charge on any atom is -0.329 e. The van der Waals surface area contributed by atoms with Crippen molar-refractivity contribution in [3.05, 3.63) is 30.1 Å². The maximum absolute atomic E-state index is 8.62. The van der Waals surface area contributed by atoms with Crippen LogP contribution in [0.25, 0.3) is 0 Å². The van der Waals surface area contributed by atoms with Crippen LogP contribution in [0.5, 0.6) is 0 Å². The van der Waals surface area contributed by atoms with Gasteiger partial charge in [-0.1, -0.05) is 13.0 Å². The lowest BCUT2D eigenvalue weighted by atomic mass is 10.1. The molecule has 0 bridgehead atoms. The van der Waals surface area contributed by atoms with E-state index < -0.39 is 0 Å². The summed E-state index contributed by atoms with van der Waals surface area (Å²) in [5, 5.41) is 8.62. The molecular weight excluding hydrogens is 200 g/mol. The third-order valence-corrected chi connectivity index (χ3v) is 2.65. The Balaban J connectivity index is 2.76. The second-order valence-electron chi connectivity index (χ2n) is 3.57. The molecule has 0 aliphatic rings. The van der Waals surface area contributed by atoms with Gasteiger partial charge in [0.15, 0.2) is 0 Å². The first-order valence-corrected chi connectivity index (χ1v) is 5.54. The van der Waals surface area contributed by atoms with Gasteiger partial charge in [0.05, 0.1) is 6.07 Å². The summed E-state index contributed by atoms with van der Waals surface area (Å²) in [5.74, 6) is 0. The molecule has 1 atom stereocenters. The predicted octanol–water partition coefficient (Wildman–Crippen LogP) is 1.32. The number of hydrogen-bond acceptors (Lipinski definition) is 4. The number of nitrogens with zero attached hydrogens (tertiary/aromatic N) is 3. The topological polar surface area (TPSA) is 65.9 Å². The molecule has 2 N–H and O–H groups in total. The Labute approximate surface area is 96.7 Å². The predicted molar refractivity (Wildman–Crippen MR) is 63.5 cm³/mol. The Morgan fingerprint density at radius 1 is 1.62 bits per heavy atom. The molecule has 0 aliphatic heterocycles. The number of pyridine rings is 1. The molecule has 0 saturated heterocycles. The lowest BCUT2D eigenvalue weighted by Crippen LogP contribution is -2.34. The Morgan fingerprint density at radius 2 is 2.44 bits per heavy atom. The highest BCUT2D eigenvalue weighted by Crippen LogP contribution is 2.18. The average Bonchev–Trinajstić information content (AvgIpc) is 2.35. The quantitative estimate of drug-likeness (QED) is 0.782. The summed E-state index contributed by atoms with van der Waals surface area (Å²) in [6.07, 6.45) is 4.12. The molecule has 4 heteroatoms. The third kappa shape index (κ3) is 3.30. The molecule has 4 nitrogen and oxygen atoms in total. The van der Waals surface area contributed by atoms with E-state index in [9.17, 15) is 0 Å². The highest BCUT2D eigenvalue weighted by Gasteiger charge is 2.16. The van der Waals surface area contributed by atoms with Crippen molar-refractivity contribution >= 4 is 0 Å². The summed E-state index contributed by atoms with van der Waals surface area (Å²) >= 11 is 0. The van der Waals surface area contributed by atoms with Gasteiger partial charge >= 0.3 is 0 Å². The van der Waals surface area contributed by atoms with Crippen LogP contribution in [0.4, 0.5) is 0 Å². The highest BCUT2D eigenvalue weighted by atomic mass is 15.2. The van der Waals surface area contributed by atoms with Gasteiger partial charge in [-0.2, -0.15) is 5.26 Å². The first kappa shape index (κ1) is 12.6. The molecule has 0 saturated carbocycles. The normalized spacial score (nSPS) is 12.4. The van der Waals surface area contributed by atoms with Crippen LogP contribution < -0.4 is 5.73 Å². The molecule has 16 heavy (non-hydrogen) atoms. The number of hydrogen-bond donors (Lipinski definition) is 1. The van der Waals surface area contributed by atoms with Crippen molar-refractivity contribution in [1.82, 2.24) is 9.88 Å². The SMILES string of the molecule is CCN(CCC#N)C(CN)c1cccnc1. The van der Waals surface area contributed by atoms with Gasteiger partial charge in [0.25, 0.3) is 0 Å². The van der Waals surface area contributed by atoms with Gasteiger partial charge in [0.2, 0.25) is 0 Å².